The van der Waals surface area contributed by atoms with Crippen molar-refractivity contribution in [1.29, 1.82) is 0 Å². The largest absolute Gasteiger partial charge is 0.389 e. The Morgan fingerprint density at radius 2 is 1.83 bits per heavy atom. The molecule has 0 aliphatic rings. The molecule has 0 bridgehead atoms. The van der Waals surface area contributed by atoms with Crippen LogP contribution >= 0.6 is 0 Å². The number of aliphatic hydroxyl groups is 1. The highest BCUT2D eigenvalue weighted by atomic mass is 16.5. The van der Waals surface area contributed by atoms with Crippen LogP contribution < -0.4 is 5.32 Å². The Balaban J connectivity index is 3.43. The van der Waals surface area contributed by atoms with Crippen molar-refractivity contribution in [2.45, 2.75) is 52.7 Å². The standard InChI is InChI=1S/C14H32N2O2/c1-6-16(7-2)10-8-9-15-11-13(17)12-18-14(3,4)5/h13,15,17H,6-12H2,1-5H3. The molecule has 0 aromatic heterocycles. The molecule has 0 spiro atoms. The lowest BCUT2D eigenvalue weighted by Gasteiger charge is -2.22. The lowest BCUT2D eigenvalue weighted by molar-refractivity contribution is -0.0478. The summed E-state index contributed by atoms with van der Waals surface area (Å²) in [5.74, 6) is 0. The fourth-order valence-electron chi connectivity index (χ4n) is 1.64. The Morgan fingerprint density at radius 3 is 2.33 bits per heavy atom. The molecule has 0 saturated heterocycles. The van der Waals surface area contributed by atoms with E-state index in [4.69, 9.17) is 4.74 Å². The predicted molar refractivity (Wildman–Crippen MR) is 77.0 cm³/mol. The maximum atomic E-state index is 9.72. The first-order valence-electron chi connectivity index (χ1n) is 7.14. The molecule has 0 heterocycles. The average molecular weight is 260 g/mol. The first-order valence-corrected chi connectivity index (χ1v) is 7.14. The second-order valence-corrected chi connectivity index (χ2v) is 5.66. The van der Waals surface area contributed by atoms with E-state index in [1.807, 2.05) is 20.8 Å². The quantitative estimate of drug-likeness (QED) is 0.584. The fraction of sp³-hybridized carbons (Fsp3) is 1.00. The molecule has 0 rings (SSSR count). The van der Waals surface area contributed by atoms with E-state index in [1.165, 1.54) is 0 Å². The highest BCUT2D eigenvalue weighted by Gasteiger charge is 2.13. The van der Waals surface area contributed by atoms with Gasteiger partial charge >= 0.3 is 0 Å². The molecular formula is C14H32N2O2. The van der Waals surface area contributed by atoms with Crippen LogP contribution in [-0.4, -0.2) is 61.0 Å². The van der Waals surface area contributed by atoms with E-state index in [0.29, 0.717) is 13.2 Å². The zero-order chi connectivity index (χ0) is 14.0. The van der Waals surface area contributed by atoms with Crippen molar-refractivity contribution >= 4 is 0 Å². The first kappa shape index (κ1) is 17.8. The summed E-state index contributed by atoms with van der Waals surface area (Å²) in [6.45, 7) is 15.6. The molecule has 0 amide bonds. The van der Waals surface area contributed by atoms with Crippen LogP contribution in [0.2, 0.25) is 0 Å². The van der Waals surface area contributed by atoms with Gasteiger partial charge in [0.1, 0.15) is 0 Å². The third kappa shape index (κ3) is 11.0. The molecule has 0 aliphatic carbocycles. The van der Waals surface area contributed by atoms with Gasteiger partial charge in [0.05, 0.1) is 18.3 Å². The molecule has 1 atom stereocenters. The molecule has 2 N–H and O–H groups in total. The maximum absolute atomic E-state index is 9.72. The SMILES string of the molecule is CCN(CC)CCCNCC(O)COC(C)(C)C. The number of aliphatic hydroxyl groups excluding tert-OH is 1. The Bertz CT molecular complexity index is 189. The van der Waals surface area contributed by atoms with Gasteiger partial charge in [0.15, 0.2) is 0 Å². The van der Waals surface area contributed by atoms with Gasteiger partial charge in [-0.15, -0.1) is 0 Å². The van der Waals surface area contributed by atoms with E-state index < -0.39 is 6.10 Å². The molecule has 0 aromatic carbocycles. The number of hydrogen-bond donors (Lipinski definition) is 2. The lowest BCUT2D eigenvalue weighted by Crippen LogP contribution is -2.35. The van der Waals surface area contributed by atoms with Gasteiger partial charge in [-0.3, -0.25) is 0 Å². The summed E-state index contributed by atoms with van der Waals surface area (Å²) in [7, 11) is 0. The van der Waals surface area contributed by atoms with Crippen molar-refractivity contribution < 1.29 is 9.84 Å². The van der Waals surface area contributed by atoms with Crippen molar-refractivity contribution in [2.24, 2.45) is 0 Å². The minimum atomic E-state index is -0.419. The third-order valence-electron chi connectivity index (χ3n) is 2.81. The molecule has 4 nitrogen and oxygen atoms in total. The maximum Gasteiger partial charge on any atom is 0.0897 e. The van der Waals surface area contributed by atoms with Gasteiger partial charge in [-0.25, -0.2) is 0 Å². The molecule has 1 unspecified atom stereocenters. The summed E-state index contributed by atoms with van der Waals surface area (Å²) in [5, 5.41) is 13.0. The van der Waals surface area contributed by atoms with Gasteiger partial charge in [-0.05, 0) is 53.4 Å². The van der Waals surface area contributed by atoms with Gasteiger partial charge in [0, 0.05) is 6.54 Å². The zero-order valence-corrected chi connectivity index (χ0v) is 12.8. The number of nitrogens with one attached hydrogen (secondary N) is 1. The van der Waals surface area contributed by atoms with Crippen LogP contribution in [0.5, 0.6) is 0 Å². The minimum Gasteiger partial charge on any atom is -0.389 e. The van der Waals surface area contributed by atoms with Crippen molar-refractivity contribution in [1.82, 2.24) is 10.2 Å². The van der Waals surface area contributed by atoms with Crippen LogP contribution in [0.3, 0.4) is 0 Å². The predicted octanol–water partition coefficient (Wildman–Crippen LogP) is 1.48. The van der Waals surface area contributed by atoms with Gasteiger partial charge < -0.3 is 20.1 Å². The molecule has 0 aromatic rings. The third-order valence-corrected chi connectivity index (χ3v) is 2.81. The van der Waals surface area contributed by atoms with E-state index in [9.17, 15) is 5.11 Å². The summed E-state index contributed by atoms with van der Waals surface area (Å²) in [4.78, 5) is 2.40. The van der Waals surface area contributed by atoms with Gasteiger partial charge in [0.2, 0.25) is 0 Å². The first-order chi connectivity index (χ1) is 8.39. The van der Waals surface area contributed by atoms with Crippen molar-refractivity contribution in [3.05, 3.63) is 0 Å². The second kappa shape index (κ2) is 9.73. The lowest BCUT2D eigenvalue weighted by atomic mass is 10.2. The van der Waals surface area contributed by atoms with E-state index in [1.54, 1.807) is 0 Å². The van der Waals surface area contributed by atoms with Gasteiger partial charge in [-0.2, -0.15) is 0 Å². The smallest absolute Gasteiger partial charge is 0.0897 e. The molecular weight excluding hydrogens is 228 g/mol. The number of hydrogen-bond acceptors (Lipinski definition) is 4. The molecule has 4 heteroatoms. The number of nitrogens with zero attached hydrogens (tertiary/aromatic N) is 1. The topological polar surface area (TPSA) is 44.7 Å². The van der Waals surface area contributed by atoms with E-state index in [2.05, 4.69) is 24.1 Å². The summed E-state index contributed by atoms with van der Waals surface area (Å²) in [6.07, 6.45) is 0.701. The minimum absolute atomic E-state index is 0.177. The Morgan fingerprint density at radius 1 is 1.22 bits per heavy atom. The molecule has 0 radical (unpaired) electrons. The summed E-state index contributed by atoms with van der Waals surface area (Å²) < 4.78 is 5.52. The zero-order valence-electron chi connectivity index (χ0n) is 12.8. The van der Waals surface area contributed by atoms with Gasteiger partial charge in [0.25, 0.3) is 0 Å². The summed E-state index contributed by atoms with van der Waals surface area (Å²) in [5.41, 5.74) is -0.177. The van der Waals surface area contributed by atoms with Crippen LogP contribution in [0.4, 0.5) is 0 Å². The van der Waals surface area contributed by atoms with E-state index >= 15 is 0 Å². The monoisotopic (exact) mass is 260 g/mol. The van der Waals surface area contributed by atoms with Crippen molar-refractivity contribution in [3.63, 3.8) is 0 Å². The molecule has 110 valence electrons. The molecule has 0 aliphatic heterocycles. The molecule has 0 fully saturated rings. The van der Waals surface area contributed by atoms with Crippen LogP contribution in [0.15, 0.2) is 0 Å². The van der Waals surface area contributed by atoms with E-state index in [0.717, 1.165) is 32.6 Å². The highest BCUT2D eigenvalue weighted by Crippen LogP contribution is 2.06. The number of ether oxygens (including phenoxy) is 1. The summed E-state index contributed by atoms with van der Waals surface area (Å²) in [6, 6.07) is 0. The normalized spacial score (nSPS) is 14.2. The summed E-state index contributed by atoms with van der Waals surface area (Å²) >= 11 is 0. The van der Waals surface area contributed by atoms with Crippen LogP contribution in [-0.2, 0) is 4.74 Å². The average Bonchev–Trinajstić information content (AvgIpc) is 2.30. The van der Waals surface area contributed by atoms with Gasteiger partial charge in [-0.1, -0.05) is 13.8 Å². The molecule has 0 saturated carbocycles. The van der Waals surface area contributed by atoms with Crippen LogP contribution in [0, 0.1) is 0 Å². The number of rotatable bonds is 10. The fourth-order valence-corrected chi connectivity index (χ4v) is 1.64. The Labute approximate surface area is 113 Å². The highest BCUT2D eigenvalue weighted by molar-refractivity contribution is 4.64. The van der Waals surface area contributed by atoms with Crippen LogP contribution in [0.25, 0.3) is 0 Å². The Hall–Kier alpha value is -0.160. The van der Waals surface area contributed by atoms with Crippen molar-refractivity contribution in [2.75, 3.05) is 39.3 Å². The second-order valence-electron chi connectivity index (χ2n) is 5.66. The van der Waals surface area contributed by atoms with Crippen molar-refractivity contribution in [3.8, 4) is 0 Å². The van der Waals surface area contributed by atoms with Crippen LogP contribution in [0.1, 0.15) is 41.0 Å². The van der Waals surface area contributed by atoms with E-state index in [-0.39, 0.29) is 5.60 Å². The molecule has 18 heavy (non-hydrogen) atoms. The Kier molecular flexibility index (Phi) is 9.64.